The minimum Gasteiger partial charge on any atom is -0.394 e. The Morgan fingerprint density at radius 2 is 1.50 bits per heavy atom. The standard InChI is InChI=1S/C9H22O4Si.CH5N/c1-4-9-14(11-5-2,12-6-3)13-8-7-10;1-2/h10H,4-9H2,1-3H3;2H2,1H3. The van der Waals surface area contributed by atoms with Crippen molar-refractivity contribution in [3.8, 4) is 0 Å². The molecule has 0 spiro atoms. The lowest BCUT2D eigenvalue weighted by atomic mass is 10.6. The fourth-order valence-corrected chi connectivity index (χ4v) is 3.87. The molecule has 0 aliphatic carbocycles. The number of aliphatic hydroxyl groups excluding tert-OH is 1. The summed E-state index contributed by atoms with van der Waals surface area (Å²) in [6.07, 6.45) is 0.970. The van der Waals surface area contributed by atoms with Crippen LogP contribution in [0.15, 0.2) is 0 Å². The van der Waals surface area contributed by atoms with Gasteiger partial charge in [0.15, 0.2) is 0 Å². The summed E-state index contributed by atoms with van der Waals surface area (Å²) < 4.78 is 16.7. The molecule has 0 aliphatic heterocycles. The van der Waals surface area contributed by atoms with Crippen LogP contribution in [0.1, 0.15) is 27.2 Å². The van der Waals surface area contributed by atoms with Crippen LogP contribution in [-0.2, 0) is 13.3 Å². The third-order valence-electron chi connectivity index (χ3n) is 1.70. The SMILES string of the molecule is CCC[Si](OCC)(OCC)OCCO.CN. The largest absolute Gasteiger partial charge is 0.501 e. The average molecular weight is 253 g/mol. The molecule has 0 rings (SSSR count). The molecule has 0 aromatic carbocycles. The molecule has 100 valence electrons. The highest BCUT2D eigenvalue weighted by atomic mass is 28.4. The first-order valence-corrected chi connectivity index (χ1v) is 7.78. The molecule has 0 radical (unpaired) electrons. The summed E-state index contributed by atoms with van der Waals surface area (Å²) in [5.41, 5.74) is 4.50. The Kier molecular flexibility index (Phi) is 15.0. The molecule has 0 heterocycles. The lowest BCUT2D eigenvalue weighted by molar-refractivity contribution is 0.0532. The van der Waals surface area contributed by atoms with Gasteiger partial charge < -0.3 is 24.1 Å². The van der Waals surface area contributed by atoms with Crippen LogP contribution < -0.4 is 5.73 Å². The first kappa shape index (κ1) is 18.4. The molecule has 5 nitrogen and oxygen atoms in total. The minimum atomic E-state index is -2.48. The molecular weight excluding hydrogens is 226 g/mol. The predicted molar refractivity (Wildman–Crippen MR) is 67.3 cm³/mol. The quantitative estimate of drug-likeness (QED) is 0.600. The zero-order valence-corrected chi connectivity index (χ0v) is 12.0. The molecule has 0 saturated carbocycles. The second kappa shape index (κ2) is 13.1. The number of nitrogens with two attached hydrogens (primary N) is 1. The second-order valence-electron chi connectivity index (χ2n) is 2.87. The molecule has 0 unspecified atom stereocenters. The molecule has 16 heavy (non-hydrogen) atoms. The average Bonchev–Trinajstić information content (AvgIpc) is 2.30. The number of hydrogen-bond donors (Lipinski definition) is 2. The maximum Gasteiger partial charge on any atom is 0.501 e. The van der Waals surface area contributed by atoms with Crippen molar-refractivity contribution in [1.82, 2.24) is 0 Å². The third-order valence-corrected chi connectivity index (χ3v) is 4.91. The van der Waals surface area contributed by atoms with Gasteiger partial charge in [0.25, 0.3) is 0 Å². The van der Waals surface area contributed by atoms with E-state index >= 15 is 0 Å². The fourth-order valence-electron chi connectivity index (χ4n) is 1.29. The number of aliphatic hydroxyl groups is 1. The normalized spacial score (nSPS) is 10.9. The Morgan fingerprint density at radius 1 is 1.00 bits per heavy atom. The van der Waals surface area contributed by atoms with Gasteiger partial charge in [-0.05, 0) is 20.9 Å². The lowest BCUT2D eigenvalue weighted by Crippen LogP contribution is -2.46. The fraction of sp³-hybridized carbons (Fsp3) is 1.00. The van der Waals surface area contributed by atoms with Gasteiger partial charge in [-0.3, -0.25) is 0 Å². The minimum absolute atomic E-state index is 0.0125. The molecule has 0 aromatic rings. The van der Waals surface area contributed by atoms with Gasteiger partial charge in [-0.15, -0.1) is 0 Å². The Labute approximate surface area is 100 Å². The van der Waals surface area contributed by atoms with Crippen LogP contribution in [0, 0.1) is 0 Å². The molecule has 0 atom stereocenters. The van der Waals surface area contributed by atoms with Crippen molar-refractivity contribution in [1.29, 1.82) is 0 Å². The van der Waals surface area contributed by atoms with E-state index < -0.39 is 8.80 Å². The van der Waals surface area contributed by atoms with Gasteiger partial charge in [-0.1, -0.05) is 13.3 Å². The van der Waals surface area contributed by atoms with Crippen LogP contribution >= 0.6 is 0 Å². The van der Waals surface area contributed by atoms with Gasteiger partial charge in [0, 0.05) is 19.3 Å². The first-order valence-electron chi connectivity index (χ1n) is 5.85. The lowest BCUT2D eigenvalue weighted by Gasteiger charge is -2.28. The van der Waals surface area contributed by atoms with E-state index in [4.69, 9.17) is 18.4 Å². The third kappa shape index (κ3) is 8.20. The molecule has 3 N–H and O–H groups in total. The van der Waals surface area contributed by atoms with Crippen LogP contribution in [0.25, 0.3) is 0 Å². The van der Waals surface area contributed by atoms with Gasteiger partial charge in [-0.25, -0.2) is 0 Å². The molecule has 0 bridgehead atoms. The van der Waals surface area contributed by atoms with Crippen LogP contribution in [0.4, 0.5) is 0 Å². The summed E-state index contributed by atoms with van der Waals surface area (Å²) in [6.45, 7) is 7.43. The highest BCUT2D eigenvalue weighted by Crippen LogP contribution is 2.17. The van der Waals surface area contributed by atoms with Crippen molar-refractivity contribution in [2.24, 2.45) is 5.73 Å². The van der Waals surface area contributed by atoms with Crippen LogP contribution in [-0.4, -0.2) is 47.4 Å². The Balaban J connectivity index is 0. The Hall–Kier alpha value is 0.0169. The zero-order valence-electron chi connectivity index (χ0n) is 11.0. The molecular formula is C10H27NO4Si. The molecule has 0 aliphatic rings. The summed E-state index contributed by atoms with van der Waals surface area (Å²) in [5.74, 6) is 0. The molecule has 0 amide bonds. The van der Waals surface area contributed by atoms with Crippen molar-refractivity contribution >= 4 is 8.80 Å². The van der Waals surface area contributed by atoms with E-state index in [1.807, 2.05) is 13.8 Å². The predicted octanol–water partition coefficient (Wildman–Crippen LogP) is 0.992. The summed E-state index contributed by atoms with van der Waals surface area (Å²) in [4.78, 5) is 0. The van der Waals surface area contributed by atoms with E-state index in [0.717, 1.165) is 12.5 Å². The van der Waals surface area contributed by atoms with Crippen molar-refractivity contribution < 1.29 is 18.4 Å². The molecule has 0 saturated heterocycles. The summed E-state index contributed by atoms with van der Waals surface area (Å²) in [6, 6.07) is 0.814. The van der Waals surface area contributed by atoms with Crippen LogP contribution in [0.2, 0.25) is 6.04 Å². The van der Waals surface area contributed by atoms with Crippen molar-refractivity contribution in [3.63, 3.8) is 0 Å². The van der Waals surface area contributed by atoms with E-state index in [2.05, 4.69) is 12.7 Å². The topological polar surface area (TPSA) is 73.9 Å². The smallest absolute Gasteiger partial charge is 0.394 e. The monoisotopic (exact) mass is 253 g/mol. The zero-order chi connectivity index (χ0) is 12.9. The maximum atomic E-state index is 8.72. The van der Waals surface area contributed by atoms with Crippen LogP contribution in [0.5, 0.6) is 0 Å². The van der Waals surface area contributed by atoms with E-state index in [9.17, 15) is 0 Å². The Morgan fingerprint density at radius 3 is 1.81 bits per heavy atom. The molecule has 0 fully saturated rings. The maximum absolute atomic E-state index is 8.72. The second-order valence-corrected chi connectivity index (χ2v) is 5.60. The van der Waals surface area contributed by atoms with Crippen molar-refractivity contribution in [3.05, 3.63) is 0 Å². The van der Waals surface area contributed by atoms with Crippen LogP contribution in [0.3, 0.4) is 0 Å². The van der Waals surface area contributed by atoms with Gasteiger partial charge in [-0.2, -0.15) is 0 Å². The van der Waals surface area contributed by atoms with Gasteiger partial charge in [0.2, 0.25) is 0 Å². The number of rotatable bonds is 9. The van der Waals surface area contributed by atoms with E-state index in [1.165, 1.54) is 7.05 Å². The summed E-state index contributed by atoms with van der Waals surface area (Å²) in [5, 5.41) is 8.72. The molecule has 0 aromatic heterocycles. The van der Waals surface area contributed by atoms with Gasteiger partial charge in [0.1, 0.15) is 0 Å². The van der Waals surface area contributed by atoms with Gasteiger partial charge >= 0.3 is 8.80 Å². The van der Waals surface area contributed by atoms with E-state index in [-0.39, 0.29) is 6.61 Å². The highest BCUT2D eigenvalue weighted by Gasteiger charge is 2.39. The summed E-state index contributed by atoms with van der Waals surface area (Å²) >= 11 is 0. The van der Waals surface area contributed by atoms with Crippen molar-refractivity contribution in [2.45, 2.75) is 33.2 Å². The van der Waals surface area contributed by atoms with E-state index in [0.29, 0.717) is 19.8 Å². The van der Waals surface area contributed by atoms with E-state index in [1.54, 1.807) is 0 Å². The number of hydrogen-bond acceptors (Lipinski definition) is 5. The van der Waals surface area contributed by atoms with Crippen molar-refractivity contribution in [2.75, 3.05) is 33.5 Å². The summed E-state index contributed by atoms with van der Waals surface area (Å²) in [7, 11) is -0.976. The molecule has 6 heteroatoms. The highest BCUT2D eigenvalue weighted by molar-refractivity contribution is 6.60. The first-order chi connectivity index (χ1) is 7.74. The van der Waals surface area contributed by atoms with Gasteiger partial charge in [0.05, 0.1) is 13.2 Å². The Bertz CT molecular complexity index is 121.